The molecule has 0 atom stereocenters. The molecule has 1 rings (SSSR count). The van der Waals surface area contributed by atoms with Crippen LogP contribution in [-0.4, -0.2) is 29.9 Å². The molecular weight excluding hydrogens is 237 g/mol. The highest BCUT2D eigenvalue weighted by molar-refractivity contribution is 5.94. The summed E-state index contributed by atoms with van der Waals surface area (Å²) in [5.74, 6) is -1.24. The summed E-state index contributed by atoms with van der Waals surface area (Å²) < 4.78 is 12.8. The number of hydrogen-bond acceptors (Lipinski definition) is 3. The number of amides is 2. The van der Waals surface area contributed by atoms with Gasteiger partial charge in [-0.25, -0.2) is 4.98 Å². The highest BCUT2D eigenvalue weighted by Crippen LogP contribution is 1.99. The lowest BCUT2D eigenvalue weighted by atomic mass is 10.2. The third-order valence-electron chi connectivity index (χ3n) is 2.20. The van der Waals surface area contributed by atoms with E-state index in [0.29, 0.717) is 6.54 Å². The molecule has 0 unspecified atom stereocenters. The van der Waals surface area contributed by atoms with E-state index in [2.05, 4.69) is 15.6 Å². The van der Waals surface area contributed by atoms with Gasteiger partial charge in [0.2, 0.25) is 11.9 Å². The molecule has 1 aromatic rings. The number of hydrogen-bond donors (Lipinski definition) is 2. The number of nitrogens with one attached hydrogen (secondary N) is 2. The molecule has 1 heterocycles. The second-order valence-electron chi connectivity index (χ2n) is 3.72. The van der Waals surface area contributed by atoms with Crippen molar-refractivity contribution in [1.29, 1.82) is 0 Å². The topological polar surface area (TPSA) is 71.1 Å². The quantitative estimate of drug-likeness (QED) is 0.739. The van der Waals surface area contributed by atoms with Crippen LogP contribution in [0.5, 0.6) is 0 Å². The lowest BCUT2D eigenvalue weighted by Crippen LogP contribution is -2.31. The molecule has 0 fully saturated rings. The summed E-state index contributed by atoms with van der Waals surface area (Å²) in [7, 11) is 0. The van der Waals surface area contributed by atoms with Crippen molar-refractivity contribution in [1.82, 2.24) is 15.6 Å². The van der Waals surface area contributed by atoms with Crippen molar-refractivity contribution in [2.75, 3.05) is 13.1 Å². The number of halogens is 1. The molecule has 1 aromatic heterocycles. The van der Waals surface area contributed by atoms with Crippen LogP contribution in [0.1, 0.15) is 30.1 Å². The Kier molecular flexibility index (Phi) is 5.76. The Morgan fingerprint density at radius 1 is 1.33 bits per heavy atom. The van der Waals surface area contributed by atoms with Crippen molar-refractivity contribution in [2.24, 2.45) is 0 Å². The van der Waals surface area contributed by atoms with E-state index in [1.807, 2.05) is 6.92 Å². The van der Waals surface area contributed by atoms with Gasteiger partial charge in [0, 0.05) is 37.3 Å². The van der Waals surface area contributed by atoms with Crippen molar-refractivity contribution in [3.05, 3.63) is 29.8 Å². The fourth-order valence-corrected chi connectivity index (χ4v) is 1.29. The van der Waals surface area contributed by atoms with Crippen LogP contribution in [0.15, 0.2) is 18.3 Å². The van der Waals surface area contributed by atoms with Gasteiger partial charge in [0.15, 0.2) is 0 Å². The van der Waals surface area contributed by atoms with Gasteiger partial charge in [0.05, 0.1) is 0 Å². The number of rotatable bonds is 6. The molecule has 0 bridgehead atoms. The number of carbonyl (C=O) groups excluding carboxylic acids is 2. The van der Waals surface area contributed by atoms with Gasteiger partial charge in [0.25, 0.3) is 5.91 Å². The molecule has 0 aromatic carbocycles. The first-order valence-corrected chi connectivity index (χ1v) is 5.80. The fraction of sp³-hybridized carbons (Fsp3) is 0.417. The summed E-state index contributed by atoms with van der Waals surface area (Å²) in [6.07, 6.45) is 2.30. The highest BCUT2D eigenvalue weighted by Gasteiger charge is 2.07. The number of carbonyl (C=O) groups is 2. The minimum absolute atomic E-state index is 0.113. The normalized spacial score (nSPS) is 9.89. The van der Waals surface area contributed by atoms with E-state index < -0.39 is 11.9 Å². The number of aromatic nitrogens is 1. The van der Waals surface area contributed by atoms with Crippen molar-refractivity contribution >= 4 is 11.8 Å². The molecule has 0 aliphatic rings. The summed E-state index contributed by atoms with van der Waals surface area (Å²) in [6.45, 7) is 2.81. The molecule has 0 saturated heterocycles. The lowest BCUT2D eigenvalue weighted by Gasteiger charge is -2.05. The zero-order chi connectivity index (χ0) is 13.4. The number of nitrogens with zero attached hydrogens (tertiary/aromatic N) is 1. The monoisotopic (exact) mass is 253 g/mol. The molecule has 2 N–H and O–H groups in total. The Bertz CT molecular complexity index is 424. The van der Waals surface area contributed by atoms with E-state index in [0.717, 1.165) is 12.5 Å². The van der Waals surface area contributed by atoms with Gasteiger partial charge in [-0.2, -0.15) is 4.39 Å². The average molecular weight is 253 g/mol. The third-order valence-corrected chi connectivity index (χ3v) is 2.20. The molecule has 5 nitrogen and oxygen atoms in total. The third kappa shape index (κ3) is 4.90. The summed E-state index contributed by atoms with van der Waals surface area (Å²) in [5.41, 5.74) is 0.191. The number of pyridine rings is 1. The fourth-order valence-electron chi connectivity index (χ4n) is 1.29. The maximum Gasteiger partial charge on any atom is 0.251 e. The Labute approximate surface area is 105 Å². The standard InChI is InChI=1S/C12H16FN3O2/c1-2-5-15-11(17)4-7-16-12(18)9-3-6-14-10(13)8-9/h3,6,8H,2,4-5,7H2,1H3,(H,15,17)(H,16,18). The zero-order valence-electron chi connectivity index (χ0n) is 10.2. The smallest absolute Gasteiger partial charge is 0.251 e. The maximum absolute atomic E-state index is 12.8. The second-order valence-corrected chi connectivity index (χ2v) is 3.72. The molecule has 0 aliphatic heterocycles. The predicted octanol–water partition coefficient (Wildman–Crippen LogP) is 0.867. The van der Waals surface area contributed by atoms with E-state index in [9.17, 15) is 14.0 Å². The van der Waals surface area contributed by atoms with Crippen LogP contribution in [0.2, 0.25) is 0 Å². The Morgan fingerprint density at radius 2 is 2.11 bits per heavy atom. The van der Waals surface area contributed by atoms with Crippen LogP contribution in [0, 0.1) is 5.95 Å². The van der Waals surface area contributed by atoms with Gasteiger partial charge in [0.1, 0.15) is 0 Å². The summed E-state index contributed by atoms with van der Waals surface area (Å²) in [4.78, 5) is 26.2. The Balaban J connectivity index is 2.31. The summed E-state index contributed by atoms with van der Waals surface area (Å²) in [5, 5.41) is 5.23. The lowest BCUT2D eigenvalue weighted by molar-refractivity contribution is -0.120. The first-order valence-electron chi connectivity index (χ1n) is 5.80. The van der Waals surface area contributed by atoms with Crippen LogP contribution in [0.3, 0.4) is 0 Å². The van der Waals surface area contributed by atoms with Crippen LogP contribution < -0.4 is 10.6 Å². The van der Waals surface area contributed by atoms with Gasteiger partial charge >= 0.3 is 0 Å². The molecule has 0 radical (unpaired) electrons. The van der Waals surface area contributed by atoms with E-state index in [1.54, 1.807) is 0 Å². The van der Waals surface area contributed by atoms with Crippen molar-refractivity contribution in [2.45, 2.75) is 19.8 Å². The van der Waals surface area contributed by atoms with Gasteiger partial charge in [-0.15, -0.1) is 0 Å². The molecule has 18 heavy (non-hydrogen) atoms. The summed E-state index contributed by atoms with van der Waals surface area (Å²) >= 11 is 0. The predicted molar refractivity (Wildman–Crippen MR) is 64.4 cm³/mol. The van der Waals surface area contributed by atoms with Crippen LogP contribution >= 0.6 is 0 Å². The molecule has 0 aliphatic carbocycles. The zero-order valence-corrected chi connectivity index (χ0v) is 10.2. The van der Waals surface area contributed by atoms with Crippen molar-refractivity contribution in [3.63, 3.8) is 0 Å². The first-order chi connectivity index (χ1) is 8.63. The highest BCUT2D eigenvalue weighted by atomic mass is 19.1. The van der Waals surface area contributed by atoms with E-state index >= 15 is 0 Å². The first kappa shape index (κ1) is 14.1. The molecule has 98 valence electrons. The van der Waals surface area contributed by atoms with Gasteiger partial charge in [-0.1, -0.05) is 6.92 Å². The van der Waals surface area contributed by atoms with E-state index in [4.69, 9.17) is 0 Å². The molecule has 0 spiro atoms. The second kappa shape index (κ2) is 7.37. The molecule has 2 amide bonds. The largest absolute Gasteiger partial charge is 0.356 e. The van der Waals surface area contributed by atoms with E-state index in [1.165, 1.54) is 12.3 Å². The summed E-state index contributed by atoms with van der Waals surface area (Å²) in [6, 6.07) is 2.46. The SMILES string of the molecule is CCCNC(=O)CCNC(=O)c1ccnc(F)c1. The van der Waals surface area contributed by atoms with Crippen molar-refractivity contribution < 1.29 is 14.0 Å². The average Bonchev–Trinajstić information content (AvgIpc) is 2.36. The van der Waals surface area contributed by atoms with Crippen molar-refractivity contribution in [3.8, 4) is 0 Å². The van der Waals surface area contributed by atoms with Crippen LogP contribution in [0.4, 0.5) is 4.39 Å². The van der Waals surface area contributed by atoms with Crippen LogP contribution in [-0.2, 0) is 4.79 Å². The molecular formula is C12H16FN3O2. The van der Waals surface area contributed by atoms with Crippen LogP contribution in [0.25, 0.3) is 0 Å². The molecule has 6 heteroatoms. The van der Waals surface area contributed by atoms with Gasteiger partial charge in [-0.3, -0.25) is 9.59 Å². The molecule has 0 saturated carbocycles. The Morgan fingerprint density at radius 3 is 2.78 bits per heavy atom. The maximum atomic E-state index is 12.8. The van der Waals surface area contributed by atoms with Gasteiger partial charge < -0.3 is 10.6 Å². The minimum Gasteiger partial charge on any atom is -0.356 e. The Hall–Kier alpha value is -1.98. The minimum atomic E-state index is -0.705. The van der Waals surface area contributed by atoms with Gasteiger partial charge in [-0.05, 0) is 12.5 Å². The van der Waals surface area contributed by atoms with E-state index in [-0.39, 0.29) is 24.4 Å².